The lowest BCUT2D eigenvalue weighted by atomic mass is 9.93. The molecular formula is C9H15F3N2O2. The largest absolute Gasteiger partial charge is 0.401 e. The lowest BCUT2D eigenvalue weighted by Gasteiger charge is -2.31. The second-order valence-electron chi connectivity index (χ2n) is 4.01. The normalized spacial score (nSPS) is 20.5. The van der Waals surface area contributed by atoms with Gasteiger partial charge in [-0.3, -0.25) is 10.1 Å². The van der Waals surface area contributed by atoms with Crippen molar-refractivity contribution in [2.45, 2.75) is 24.6 Å². The zero-order valence-corrected chi connectivity index (χ0v) is 8.93. The van der Waals surface area contributed by atoms with Gasteiger partial charge in [-0.2, -0.15) is 13.2 Å². The summed E-state index contributed by atoms with van der Waals surface area (Å²) in [6.45, 7) is -1.38. The van der Waals surface area contributed by atoms with Gasteiger partial charge in [-0.25, -0.2) is 0 Å². The van der Waals surface area contributed by atoms with E-state index in [0.717, 1.165) is 0 Å². The van der Waals surface area contributed by atoms with Crippen LogP contribution < -0.4 is 11.1 Å². The minimum atomic E-state index is -4.37. The highest BCUT2D eigenvalue weighted by molar-refractivity contribution is 5.85. The standard InChI is InChI=1S/C9H15F3N2O2/c1-16-5-8(7(13)15,6-2-3-6)14-4-9(10,11)12/h6,14H,2-5H2,1H3,(H2,13,15). The summed E-state index contributed by atoms with van der Waals surface area (Å²) in [6.07, 6.45) is -2.99. The number of nitrogens with two attached hydrogens (primary N) is 1. The first-order valence-electron chi connectivity index (χ1n) is 4.92. The lowest BCUT2D eigenvalue weighted by molar-refractivity contribution is -0.140. The van der Waals surface area contributed by atoms with E-state index >= 15 is 0 Å². The maximum Gasteiger partial charge on any atom is 0.401 e. The van der Waals surface area contributed by atoms with Crippen LogP contribution in [0.4, 0.5) is 13.2 Å². The molecule has 3 N–H and O–H groups in total. The highest BCUT2D eigenvalue weighted by Crippen LogP contribution is 2.40. The molecule has 0 radical (unpaired) electrons. The summed E-state index contributed by atoms with van der Waals surface area (Å²) in [5, 5.41) is 2.21. The van der Waals surface area contributed by atoms with Crippen LogP contribution in [0.2, 0.25) is 0 Å². The Morgan fingerprint density at radius 2 is 2.06 bits per heavy atom. The van der Waals surface area contributed by atoms with Crippen molar-refractivity contribution in [3.05, 3.63) is 0 Å². The molecule has 1 aliphatic carbocycles. The van der Waals surface area contributed by atoms with Gasteiger partial charge in [0.15, 0.2) is 0 Å². The number of carbonyl (C=O) groups is 1. The first-order chi connectivity index (χ1) is 7.32. The van der Waals surface area contributed by atoms with Crippen molar-refractivity contribution in [2.24, 2.45) is 11.7 Å². The van der Waals surface area contributed by atoms with Crippen LogP contribution in [-0.4, -0.2) is 37.9 Å². The summed E-state index contributed by atoms with van der Waals surface area (Å²) < 4.78 is 41.2. The third-order valence-corrected chi connectivity index (χ3v) is 2.69. The Morgan fingerprint density at radius 3 is 2.38 bits per heavy atom. The first-order valence-corrected chi connectivity index (χ1v) is 4.92. The van der Waals surface area contributed by atoms with E-state index in [0.29, 0.717) is 12.8 Å². The molecule has 1 aliphatic rings. The number of rotatable bonds is 6. The average molecular weight is 240 g/mol. The predicted octanol–water partition coefficient (Wildman–Crippen LogP) is 0.419. The molecule has 1 unspecified atom stereocenters. The molecule has 1 atom stereocenters. The monoisotopic (exact) mass is 240 g/mol. The molecule has 16 heavy (non-hydrogen) atoms. The highest BCUT2D eigenvalue weighted by Gasteiger charge is 2.51. The number of hydrogen-bond acceptors (Lipinski definition) is 3. The van der Waals surface area contributed by atoms with E-state index in [2.05, 4.69) is 5.32 Å². The number of methoxy groups -OCH3 is 1. The number of halogens is 3. The number of ether oxygens (including phenoxy) is 1. The fraction of sp³-hybridized carbons (Fsp3) is 0.889. The summed E-state index contributed by atoms with van der Waals surface area (Å²) in [7, 11) is 1.33. The number of primary amides is 1. The van der Waals surface area contributed by atoms with Gasteiger partial charge in [0.2, 0.25) is 5.91 Å². The minimum absolute atomic E-state index is 0.136. The Morgan fingerprint density at radius 1 is 1.50 bits per heavy atom. The van der Waals surface area contributed by atoms with Crippen molar-refractivity contribution in [3.63, 3.8) is 0 Å². The Labute approximate surface area is 91.3 Å². The minimum Gasteiger partial charge on any atom is -0.382 e. The highest BCUT2D eigenvalue weighted by atomic mass is 19.4. The van der Waals surface area contributed by atoms with Gasteiger partial charge >= 0.3 is 6.18 Å². The van der Waals surface area contributed by atoms with Gasteiger partial charge in [0.25, 0.3) is 0 Å². The van der Waals surface area contributed by atoms with Crippen LogP contribution in [0.3, 0.4) is 0 Å². The molecule has 1 rings (SSSR count). The Hall–Kier alpha value is -0.820. The molecule has 0 aromatic carbocycles. The summed E-state index contributed by atoms with van der Waals surface area (Å²) in [4.78, 5) is 11.3. The van der Waals surface area contributed by atoms with Crippen molar-refractivity contribution in [1.82, 2.24) is 5.32 Å². The topological polar surface area (TPSA) is 64.3 Å². The molecule has 0 bridgehead atoms. The van der Waals surface area contributed by atoms with Crippen molar-refractivity contribution >= 4 is 5.91 Å². The van der Waals surface area contributed by atoms with Gasteiger partial charge in [0.1, 0.15) is 5.54 Å². The summed E-state index contributed by atoms with van der Waals surface area (Å²) >= 11 is 0. The molecule has 94 valence electrons. The van der Waals surface area contributed by atoms with Crippen LogP contribution in [0, 0.1) is 5.92 Å². The van der Waals surface area contributed by atoms with Gasteiger partial charge < -0.3 is 10.5 Å². The third kappa shape index (κ3) is 3.08. The van der Waals surface area contributed by atoms with E-state index < -0.39 is 24.2 Å². The molecular weight excluding hydrogens is 225 g/mol. The number of alkyl halides is 3. The summed E-state index contributed by atoms with van der Waals surface area (Å²) in [5.74, 6) is -0.951. The molecule has 0 aliphatic heterocycles. The first kappa shape index (κ1) is 13.2. The lowest BCUT2D eigenvalue weighted by Crippen LogP contribution is -2.62. The number of nitrogens with one attached hydrogen (secondary N) is 1. The molecule has 1 fully saturated rings. The molecule has 4 nitrogen and oxygen atoms in total. The maximum absolute atomic E-state index is 12.1. The van der Waals surface area contributed by atoms with Gasteiger partial charge in [0, 0.05) is 7.11 Å². The number of amides is 1. The molecule has 1 amide bonds. The van der Waals surface area contributed by atoms with Crippen molar-refractivity contribution in [1.29, 1.82) is 0 Å². The maximum atomic E-state index is 12.1. The SMILES string of the molecule is COCC(NCC(F)(F)F)(C(N)=O)C1CC1. The van der Waals surface area contributed by atoms with Crippen LogP contribution >= 0.6 is 0 Å². The number of hydrogen-bond donors (Lipinski definition) is 2. The number of carbonyl (C=O) groups excluding carboxylic acids is 1. The fourth-order valence-corrected chi connectivity index (χ4v) is 1.73. The zero-order chi connectivity index (χ0) is 12.4. The molecule has 7 heteroatoms. The van der Waals surface area contributed by atoms with Gasteiger partial charge in [-0.15, -0.1) is 0 Å². The molecule has 0 aromatic heterocycles. The van der Waals surface area contributed by atoms with E-state index in [1.54, 1.807) is 0 Å². The molecule has 0 saturated heterocycles. The van der Waals surface area contributed by atoms with E-state index in [-0.39, 0.29) is 12.5 Å². The van der Waals surface area contributed by atoms with E-state index in [4.69, 9.17) is 10.5 Å². The van der Waals surface area contributed by atoms with E-state index in [1.165, 1.54) is 7.11 Å². The zero-order valence-electron chi connectivity index (χ0n) is 8.93. The van der Waals surface area contributed by atoms with Gasteiger partial charge in [-0.1, -0.05) is 0 Å². The van der Waals surface area contributed by atoms with Crippen LogP contribution in [0.25, 0.3) is 0 Å². The van der Waals surface area contributed by atoms with Crippen molar-refractivity contribution < 1.29 is 22.7 Å². The average Bonchev–Trinajstić information content (AvgIpc) is 2.93. The van der Waals surface area contributed by atoms with Crippen LogP contribution in [0.1, 0.15) is 12.8 Å². The van der Waals surface area contributed by atoms with Gasteiger partial charge in [0.05, 0.1) is 13.2 Å². The third-order valence-electron chi connectivity index (χ3n) is 2.69. The molecule has 0 heterocycles. The smallest absolute Gasteiger partial charge is 0.382 e. The second-order valence-corrected chi connectivity index (χ2v) is 4.01. The predicted molar refractivity (Wildman–Crippen MR) is 50.6 cm³/mol. The van der Waals surface area contributed by atoms with Crippen molar-refractivity contribution in [2.75, 3.05) is 20.3 Å². The fourth-order valence-electron chi connectivity index (χ4n) is 1.73. The molecule has 1 saturated carbocycles. The Balaban J connectivity index is 2.72. The molecule has 0 spiro atoms. The summed E-state index contributed by atoms with van der Waals surface area (Å²) in [6, 6.07) is 0. The van der Waals surface area contributed by atoms with Crippen LogP contribution in [-0.2, 0) is 9.53 Å². The summed E-state index contributed by atoms with van der Waals surface area (Å²) in [5.41, 5.74) is 3.79. The second kappa shape index (κ2) is 4.58. The van der Waals surface area contributed by atoms with Crippen LogP contribution in [0.5, 0.6) is 0 Å². The van der Waals surface area contributed by atoms with E-state index in [1.807, 2.05) is 0 Å². The van der Waals surface area contributed by atoms with Crippen molar-refractivity contribution in [3.8, 4) is 0 Å². The molecule has 0 aromatic rings. The quantitative estimate of drug-likeness (QED) is 0.707. The van der Waals surface area contributed by atoms with Crippen LogP contribution in [0.15, 0.2) is 0 Å². The Kier molecular flexibility index (Phi) is 3.80. The Bertz CT molecular complexity index is 266. The van der Waals surface area contributed by atoms with Gasteiger partial charge in [-0.05, 0) is 18.8 Å². The van der Waals surface area contributed by atoms with E-state index in [9.17, 15) is 18.0 Å².